The molecule has 0 saturated heterocycles. The molecule has 0 aromatic heterocycles. The van der Waals surface area contributed by atoms with Crippen molar-refractivity contribution in [3.05, 3.63) is 29.3 Å². The smallest absolute Gasteiger partial charge is 0.381 e. The molecule has 0 amide bonds. The summed E-state index contributed by atoms with van der Waals surface area (Å²) in [5.41, 5.74) is -0.136. The number of anilines is 1. The minimum atomic E-state index is -4.41. The molecule has 0 radical (unpaired) electrons. The zero-order valence-electron chi connectivity index (χ0n) is 10.1. The van der Waals surface area contributed by atoms with E-state index in [0.29, 0.717) is 5.69 Å². The number of rotatable bonds is 2. The van der Waals surface area contributed by atoms with Gasteiger partial charge < -0.3 is 5.32 Å². The van der Waals surface area contributed by atoms with Crippen molar-refractivity contribution in [2.75, 3.05) is 5.32 Å². The standard InChI is InChI=1S/C13H13F3N2/c1-12(2)6-11(12)18-10-4-3-9(13(14,15)16)5-8(10)7-17/h3-5,11,18H,6H2,1-2H3. The lowest BCUT2D eigenvalue weighted by atomic mass is 10.1. The predicted molar refractivity (Wildman–Crippen MR) is 62.0 cm³/mol. The third-order valence-corrected chi connectivity index (χ3v) is 3.31. The summed E-state index contributed by atoms with van der Waals surface area (Å²) in [6, 6.07) is 5.24. The molecule has 2 nitrogen and oxygen atoms in total. The highest BCUT2D eigenvalue weighted by molar-refractivity contribution is 5.60. The van der Waals surface area contributed by atoms with Crippen LogP contribution in [0.25, 0.3) is 0 Å². The molecule has 1 aromatic rings. The molecule has 1 aromatic carbocycles. The van der Waals surface area contributed by atoms with E-state index >= 15 is 0 Å². The van der Waals surface area contributed by atoms with Gasteiger partial charge in [0.1, 0.15) is 6.07 Å². The normalized spacial score (nSPS) is 21.2. The molecular weight excluding hydrogens is 241 g/mol. The maximum atomic E-state index is 12.5. The van der Waals surface area contributed by atoms with E-state index in [4.69, 9.17) is 5.26 Å². The maximum absolute atomic E-state index is 12.5. The molecule has 1 atom stereocenters. The van der Waals surface area contributed by atoms with E-state index in [9.17, 15) is 13.2 Å². The minimum absolute atomic E-state index is 0.0347. The zero-order valence-corrected chi connectivity index (χ0v) is 10.1. The van der Waals surface area contributed by atoms with Gasteiger partial charge in [0.15, 0.2) is 0 Å². The van der Waals surface area contributed by atoms with Crippen LogP contribution in [0.15, 0.2) is 18.2 Å². The number of nitrogens with one attached hydrogen (secondary N) is 1. The Labute approximate surface area is 103 Å². The average molecular weight is 254 g/mol. The summed E-state index contributed by atoms with van der Waals surface area (Å²) in [6.45, 7) is 4.14. The van der Waals surface area contributed by atoms with Crippen molar-refractivity contribution >= 4 is 5.69 Å². The number of nitrogens with zero attached hydrogens (tertiary/aromatic N) is 1. The molecule has 1 aliphatic rings. The molecule has 18 heavy (non-hydrogen) atoms. The number of halogens is 3. The second-order valence-corrected chi connectivity index (χ2v) is 5.26. The summed E-state index contributed by atoms with van der Waals surface area (Å²) in [5, 5.41) is 12.0. The van der Waals surface area contributed by atoms with E-state index in [0.717, 1.165) is 18.6 Å². The van der Waals surface area contributed by atoms with Crippen LogP contribution in [-0.4, -0.2) is 6.04 Å². The second kappa shape index (κ2) is 3.91. The summed E-state index contributed by atoms with van der Waals surface area (Å²) in [6.07, 6.45) is -3.46. The van der Waals surface area contributed by atoms with Crippen LogP contribution in [-0.2, 0) is 6.18 Å². The van der Waals surface area contributed by atoms with Crippen molar-refractivity contribution in [3.8, 4) is 6.07 Å². The summed E-state index contributed by atoms with van der Waals surface area (Å²) >= 11 is 0. The molecule has 2 rings (SSSR count). The lowest BCUT2D eigenvalue weighted by Crippen LogP contribution is -2.11. The van der Waals surface area contributed by atoms with Gasteiger partial charge in [-0.05, 0) is 30.0 Å². The fraction of sp³-hybridized carbons (Fsp3) is 0.462. The summed E-state index contributed by atoms with van der Waals surface area (Å²) < 4.78 is 37.5. The van der Waals surface area contributed by atoms with Crippen molar-refractivity contribution in [1.82, 2.24) is 0 Å². The summed E-state index contributed by atoms with van der Waals surface area (Å²) in [5.74, 6) is 0. The van der Waals surface area contributed by atoms with Crippen molar-refractivity contribution in [2.24, 2.45) is 5.41 Å². The van der Waals surface area contributed by atoms with Crippen molar-refractivity contribution in [2.45, 2.75) is 32.5 Å². The summed E-state index contributed by atoms with van der Waals surface area (Å²) in [7, 11) is 0. The van der Waals surface area contributed by atoms with Crippen molar-refractivity contribution in [1.29, 1.82) is 5.26 Å². The highest BCUT2D eigenvalue weighted by Gasteiger charge is 2.45. The average Bonchev–Trinajstić information content (AvgIpc) is 2.85. The van der Waals surface area contributed by atoms with Crippen LogP contribution >= 0.6 is 0 Å². The Morgan fingerprint density at radius 2 is 2.00 bits per heavy atom. The van der Waals surface area contributed by atoms with Gasteiger partial charge in [-0.2, -0.15) is 18.4 Å². The van der Waals surface area contributed by atoms with Crippen LogP contribution in [0.3, 0.4) is 0 Å². The lowest BCUT2D eigenvalue weighted by molar-refractivity contribution is -0.137. The van der Waals surface area contributed by atoms with E-state index in [2.05, 4.69) is 19.2 Å². The molecule has 5 heteroatoms. The van der Waals surface area contributed by atoms with Crippen molar-refractivity contribution < 1.29 is 13.2 Å². The molecule has 1 fully saturated rings. The molecule has 1 aliphatic carbocycles. The highest BCUT2D eigenvalue weighted by Crippen LogP contribution is 2.47. The van der Waals surface area contributed by atoms with Gasteiger partial charge in [0.2, 0.25) is 0 Å². The second-order valence-electron chi connectivity index (χ2n) is 5.26. The summed E-state index contributed by atoms with van der Waals surface area (Å²) in [4.78, 5) is 0. The predicted octanol–water partition coefficient (Wildman–Crippen LogP) is 3.79. The van der Waals surface area contributed by atoms with Gasteiger partial charge in [-0.15, -0.1) is 0 Å². The molecule has 96 valence electrons. The molecule has 1 unspecified atom stereocenters. The van der Waals surface area contributed by atoms with Gasteiger partial charge in [-0.3, -0.25) is 0 Å². The Hall–Kier alpha value is -1.70. The Morgan fingerprint density at radius 3 is 2.44 bits per heavy atom. The first-order valence-electron chi connectivity index (χ1n) is 5.62. The molecular formula is C13H13F3N2. The number of alkyl halides is 3. The fourth-order valence-electron chi connectivity index (χ4n) is 1.84. The first-order chi connectivity index (χ1) is 8.24. The minimum Gasteiger partial charge on any atom is -0.381 e. The van der Waals surface area contributed by atoms with Gasteiger partial charge in [0.25, 0.3) is 0 Å². The third kappa shape index (κ3) is 2.42. The van der Waals surface area contributed by atoms with Crippen LogP contribution in [0.5, 0.6) is 0 Å². The topological polar surface area (TPSA) is 35.8 Å². The Balaban J connectivity index is 2.25. The van der Waals surface area contributed by atoms with Gasteiger partial charge >= 0.3 is 6.18 Å². The molecule has 0 aliphatic heterocycles. The number of hydrogen-bond acceptors (Lipinski definition) is 2. The van der Waals surface area contributed by atoms with E-state index < -0.39 is 11.7 Å². The quantitative estimate of drug-likeness (QED) is 0.871. The van der Waals surface area contributed by atoms with Gasteiger partial charge in [-0.1, -0.05) is 13.8 Å². The first kappa shape index (κ1) is 12.7. The van der Waals surface area contributed by atoms with Gasteiger partial charge in [0.05, 0.1) is 16.8 Å². The van der Waals surface area contributed by atoms with Crippen molar-refractivity contribution in [3.63, 3.8) is 0 Å². The molecule has 0 spiro atoms. The Kier molecular flexibility index (Phi) is 2.77. The number of benzene rings is 1. The zero-order chi connectivity index (χ0) is 13.6. The van der Waals surface area contributed by atoms with E-state index in [1.54, 1.807) is 6.07 Å². The maximum Gasteiger partial charge on any atom is 0.416 e. The van der Waals surface area contributed by atoms with Gasteiger partial charge in [-0.25, -0.2) is 0 Å². The fourth-order valence-corrected chi connectivity index (χ4v) is 1.84. The number of hydrogen-bond donors (Lipinski definition) is 1. The van der Waals surface area contributed by atoms with Gasteiger partial charge in [0, 0.05) is 6.04 Å². The third-order valence-electron chi connectivity index (χ3n) is 3.31. The SMILES string of the molecule is CC1(C)CC1Nc1ccc(C(F)(F)F)cc1C#N. The highest BCUT2D eigenvalue weighted by atomic mass is 19.4. The van der Waals surface area contributed by atoms with Crippen LogP contribution < -0.4 is 5.32 Å². The van der Waals surface area contributed by atoms with Crippen LogP contribution in [0.2, 0.25) is 0 Å². The lowest BCUT2D eigenvalue weighted by Gasteiger charge is -2.12. The largest absolute Gasteiger partial charge is 0.416 e. The van der Waals surface area contributed by atoms with E-state index in [1.165, 1.54) is 6.07 Å². The monoisotopic (exact) mass is 254 g/mol. The first-order valence-corrected chi connectivity index (χ1v) is 5.62. The number of nitriles is 1. The molecule has 0 bridgehead atoms. The van der Waals surface area contributed by atoms with Crippen LogP contribution in [0.4, 0.5) is 18.9 Å². The molecule has 1 N–H and O–H groups in total. The molecule has 1 saturated carbocycles. The Bertz CT molecular complexity index is 512. The van der Waals surface area contributed by atoms with E-state index in [-0.39, 0.29) is 17.0 Å². The van der Waals surface area contributed by atoms with E-state index in [1.807, 2.05) is 0 Å². The van der Waals surface area contributed by atoms with Crippen LogP contribution in [0, 0.1) is 16.7 Å². The Morgan fingerprint density at radius 1 is 1.39 bits per heavy atom. The molecule has 0 heterocycles. The van der Waals surface area contributed by atoms with Crippen LogP contribution in [0.1, 0.15) is 31.4 Å².